The van der Waals surface area contributed by atoms with Gasteiger partial charge in [0.1, 0.15) is 0 Å². The molecule has 26 heavy (non-hydrogen) atoms. The van der Waals surface area contributed by atoms with Crippen LogP contribution in [0.25, 0.3) is 0 Å². The van der Waals surface area contributed by atoms with E-state index in [0.717, 1.165) is 0 Å². The van der Waals surface area contributed by atoms with Crippen LogP contribution in [0.5, 0.6) is 0 Å². The van der Waals surface area contributed by atoms with Crippen LogP contribution in [0.1, 0.15) is 41.0 Å². The van der Waals surface area contributed by atoms with E-state index in [0.29, 0.717) is 11.1 Å². The van der Waals surface area contributed by atoms with E-state index in [4.69, 9.17) is 4.74 Å². The Labute approximate surface area is 153 Å². The van der Waals surface area contributed by atoms with Crippen LogP contribution >= 0.6 is 0 Å². The van der Waals surface area contributed by atoms with Crippen LogP contribution in [0.4, 0.5) is 0 Å². The normalized spacial score (nSPS) is 26.4. The number of hydrogen-bond acceptors (Lipinski definition) is 4. The highest BCUT2D eigenvalue weighted by molar-refractivity contribution is 6.00. The average Bonchev–Trinajstić information content (AvgIpc) is 2.99. The molecule has 4 heteroatoms. The van der Waals surface area contributed by atoms with Gasteiger partial charge in [0.05, 0.1) is 24.2 Å². The summed E-state index contributed by atoms with van der Waals surface area (Å²) >= 11 is 0. The molecule has 0 aliphatic carbocycles. The fraction of sp³-hybridized carbons (Fsp3) is 0.364. The monoisotopic (exact) mass is 352 g/mol. The van der Waals surface area contributed by atoms with Crippen molar-refractivity contribution in [2.24, 2.45) is 11.8 Å². The summed E-state index contributed by atoms with van der Waals surface area (Å²) in [5.41, 5.74) is 1.21. The molecule has 0 saturated carbocycles. The minimum absolute atomic E-state index is 0.0110. The van der Waals surface area contributed by atoms with Gasteiger partial charge in [-0.2, -0.15) is 0 Å². The van der Waals surface area contributed by atoms with Gasteiger partial charge < -0.3 is 9.84 Å². The van der Waals surface area contributed by atoms with Crippen molar-refractivity contribution in [2.75, 3.05) is 0 Å². The lowest BCUT2D eigenvalue weighted by molar-refractivity contribution is -0.0322. The number of benzene rings is 2. The Bertz CT molecular complexity index is 754. The highest BCUT2D eigenvalue weighted by atomic mass is 16.5. The molecule has 1 unspecified atom stereocenters. The largest absolute Gasteiger partial charge is 0.391 e. The second-order valence-corrected chi connectivity index (χ2v) is 6.96. The minimum atomic E-state index is -0.785. The fourth-order valence-corrected chi connectivity index (χ4v) is 3.77. The first kappa shape index (κ1) is 18.5. The number of carbonyl (C=O) groups excluding carboxylic acids is 2. The van der Waals surface area contributed by atoms with E-state index in [1.54, 1.807) is 31.2 Å². The van der Waals surface area contributed by atoms with E-state index in [2.05, 4.69) is 0 Å². The summed E-state index contributed by atoms with van der Waals surface area (Å²) in [6.45, 7) is 3.50. The Morgan fingerprint density at radius 3 is 2.08 bits per heavy atom. The molecule has 2 aromatic rings. The van der Waals surface area contributed by atoms with Gasteiger partial charge in [0, 0.05) is 23.5 Å². The summed E-state index contributed by atoms with van der Waals surface area (Å²) in [4.78, 5) is 25.8. The second-order valence-electron chi connectivity index (χ2n) is 6.96. The van der Waals surface area contributed by atoms with Gasteiger partial charge in [-0.25, -0.2) is 0 Å². The molecule has 0 aromatic heterocycles. The zero-order chi connectivity index (χ0) is 18.7. The summed E-state index contributed by atoms with van der Waals surface area (Å²) in [5, 5.41) is 10.1. The number of ether oxygens (including phenoxy) is 1. The number of ketones is 2. The van der Waals surface area contributed by atoms with Crippen molar-refractivity contribution in [3.63, 3.8) is 0 Å². The second kappa shape index (κ2) is 7.94. The van der Waals surface area contributed by atoms with Gasteiger partial charge in [0.2, 0.25) is 0 Å². The fourth-order valence-electron chi connectivity index (χ4n) is 3.77. The Morgan fingerprint density at radius 1 is 1.00 bits per heavy atom. The molecule has 0 bridgehead atoms. The van der Waals surface area contributed by atoms with E-state index in [-0.39, 0.29) is 30.0 Å². The maximum atomic E-state index is 13.1. The van der Waals surface area contributed by atoms with Crippen LogP contribution in [-0.4, -0.2) is 35.0 Å². The van der Waals surface area contributed by atoms with Crippen LogP contribution in [0.2, 0.25) is 0 Å². The van der Waals surface area contributed by atoms with Crippen molar-refractivity contribution in [2.45, 2.75) is 38.6 Å². The number of Topliss-reactive ketones (excluding diaryl/α,β-unsaturated/α-hetero) is 2. The van der Waals surface area contributed by atoms with Gasteiger partial charge in [-0.15, -0.1) is 0 Å². The molecule has 3 rings (SSSR count). The third-order valence-electron chi connectivity index (χ3n) is 5.14. The van der Waals surface area contributed by atoms with Crippen molar-refractivity contribution in [3.05, 3.63) is 71.8 Å². The maximum Gasteiger partial charge on any atom is 0.169 e. The zero-order valence-electron chi connectivity index (χ0n) is 15.0. The van der Waals surface area contributed by atoms with Crippen LogP contribution in [0.15, 0.2) is 60.7 Å². The topological polar surface area (TPSA) is 63.6 Å². The summed E-state index contributed by atoms with van der Waals surface area (Å²) in [5.74, 6) is -0.898. The molecule has 0 amide bonds. The molecule has 0 spiro atoms. The summed E-state index contributed by atoms with van der Waals surface area (Å²) in [6, 6.07) is 18.1. The highest BCUT2D eigenvalue weighted by Crippen LogP contribution is 2.39. The first-order chi connectivity index (χ1) is 12.5. The van der Waals surface area contributed by atoms with Crippen LogP contribution in [0, 0.1) is 11.8 Å². The lowest BCUT2D eigenvalue weighted by atomic mass is 9.77. The lowest BCUT2D eigenvalue weighted by Crippen LogP contribution is -2.36. The molecule has 0 radical (unpaired) electrons. The van der Waals surface area contributed by atoms with Gasteiger partial charge in [-0.1, -0.05) is 60.7 Å². The number of aliphatic hydroxyl groups is 1. The third-order valence-corrected chi connectivity index (χ3v) is 5.14. The van der Waals surface area contributed by atoms with Crippen molar-refractivity contribution in [3.8, 4) is 0 Å². The predicted octanol–water partition coefficient (Wildman–Crippen LogP) is 3.54. The van der Waals surface area contributed by atoms with Crippen molar-refractivity contribution < 1.29 is 19.4 Å². The lowest BCUT2D eigenvalue weighted by Gasteiger charge is -2.23. The molecule has 1 aliphatic rings. The maximum absolute atomic E-state index is 13.1. The molecule has 1 saturated heterocycles. The Morgan fingerprint density at radius 2 is 1.54 bits per heavy atom. The zero-order valence-corrected chi connectivity index (χ0v) is 15.0. The minimum Gasteiger partial charge on any atom is -0.391 e. The van der Waals surface area contributed by atoms with Gasteiger partial charge >= 0.3 is 0 Å². The van der Waals surface area contributed by atoms with Crippen molar-refractivity contribution in [1.82, 2.24) is 0 Å². The summed E-state index contributed by atoms with van der Waals surface area (Å²) in [7, 11) is 0. The standard InChI is InChI=1S/C22H24O4/c1-14(23)22-20(21(25)17-11-7-4-8-12-17)18(15(2)26-22)13-19(24)16-9-5-3-6-10-16/h3-12,14-15,18,20,22-23H,13H2,1-2H3/t14?,15-,18-,20-,22-/m0/s1. The van der Waals surface area contributed by atoms with E-state index in [9.17, 15) is 14.7 Å². The first-order valence-electron chi connectivity index (χ1n) is 9.00. The van der Waals surface area contributed by atoms with Crippen LogP contribution < -0.4 is 0 Å². The molecule has 1 fully saturated rings. The quantitative estimate of drug-likeness (QED) is 0.808. The van der Waals surface area contributed by atoms with Crippen LogP contribution in [0.3, 0.4) is 0 Å². The van der Waals surface area contributed by atoms with Gasteiger partial charge in [-0.3, -0.25) is 9.59 Å². The molecule has 1 aliphatic heterocycles. The summed E-state index contributed by atoms with van der Waals surface area (Å²) in [6.07, 6.45) is -1.45. The van der Waals surface area contributed by atoms with Gasteiger partial charge in [-0.05, 0) is 13.8 Å². The third kappa shape index (κ3) is 3.76. The number of aliphatic hydroxyl groups excluding tert-OH is 1. The Kier molecular flexibility index (Phi) is 5.64. The van der Waals surface area contributed by atoms with Gasteiger partial charge in [0.25, 0.3) is 0 Å². The predicted molar refractivity (Wildman–Crippen MR) is 99.2 cm³/mol. The molecule has 2 aromatic carbocycles. The molecule has 1 N–H and O–H groups in total. The average molecular weight is 352 g/mol. The number of carbonyl (C=O) groups is 2. The molecular formula is C22H24O4. The smallest absolute Gasteiger partial charge is 0.169 e. The van der Waals surface area contributed by atoms with E-state index >= 15 is 0 Å². The molecule has 1 heterocycles. The Hall–Kier alpha value is -2.30. The van der Waals surface area contributed by atoms with Crippen molar-refractivity contribution >= 4 is 11.6 Å². The van der Waals surface area contributed by atoms with E-state index in [1.165, 1.54) is 0 Å². The number of hydrogen-bond donors (Lipinski definition) is 1. The summed E-state index contributed by atoms with van der Waals surface area (Å²) < 4.78 is 5.90. The van der Waals surface area contributed by atoms with Crippen molar-refractivity contribution in [1.29, 1.82) is 0 Å². The molecule has 136 valence electrons. The Balaban J connectivity index is 1.88. The highest BCUT2D eigenvalue weighted by Gasteiger charge is 2.48. The molecule has 5 atom stereocenters. The van der Waals surface area contributed by atoms with E-state index in [1.807, 2.05) is 43.3 Å². The molecular weight excluding hydrogens is 328 g/mol. The van der Waals surface area contributed by atoms with Crippen LogP contribution in [-0.2, 0) is 4.74 Å². The van der Waals surface area contributed by atoms with E-state index < -0.39 is 18.1 Å². The number of rotatable bonds is 6. The molecule has 4 nitrogen and oxygen atoms in total. The first-order valence-corrected chi connectivity index (χ1v) is 9.00. The van der Waals surface area contributed by atoms with Gasteiger partial charge in [0.15, 0.2) is 11.6 Å². The SMILES string of the molecule is CC(O)[C@@H]1O[C@@H](C)[C@H](CC(=O)c2ccccc2)[C@H]1C(=O)c1ccccc1.